The zero-order valence-corrected chi connectivity index (χ0v) is 14.2. The van der Waals surface area contributed by atoms with Crippen LogP contribution < -0.4 is 20.4 Å². The molecule has 0 fully saturated rings. The molecule has 0 aromatic rings. The van der Waals surface area contributed by atoms with Crippen LogP contribution in [0.1, 0.15) is 26.7 Å². The molecule has 0 saturated heterocycles. The molecule has 0 heterocycles. The van der Waals surface area contributed by atoms with Crippen LogP contribution in [0.2, 0.25) is 0 Å². The van der Waals surface area contributed by atoms with E-state index in [0.29, 0.717) is 12.2 Å². The molecule has 21 heavy (non-hydrogen) atoms. The monoisotopic (exact) mass is 404 g/mol. The molecule has 0 atom stereocenters. The van der Waals surface area contributed by atoms with Gasteiger partial charge in [-0.05, 0) is 36.1 Å². The Hall–Kier alpha value is -1.84. The second-order valence-electron chi connectivity index (χ2n) is 3.26. The largest absolute Gasteiger partial charge is 4.00 e. The van der Waals surface area contributed by atoms with Gasteiger partial charge in [-0.15, -0.1) is 0 Å². The summed E-state index contributed by atoms with van der Waals surface area (Å²) in [4.78, 5) is 39.6. The van der Waals surface area contributed by atoms with E-state index >= 15 is 0 Å². The smallest absolute Gasteiger partial charge is 0.545 e. The third kappa shape index (κ3) is 14.4. The second kappa shape index (κ2) is 13.2. The number of carboxylic acid groups (broad SMARTS) is 4. The van der Waals surface area contributed by atoms with E-state index in [1.54, 1.807) is 0 Å². The Kier molecular flexibility index (Phi) is 15.2. The molecule has 8 nitrogen and oxygen atoms in total. The van der Waals surface area contributed by atoms with Crippen LogP contribution >= 0.6 is 0 Å². The Morgan fingerprint density at radius 2 is 0.952 bits per heavy atom. The molecule has 0 amide bonds. The molecule has 0 aliphatic heterocycles. The van der Waals surface area contributed by atoms with Gasteiger partial charge in [-0.2, -0.15) is 0 Å². The number of carboxylic acids is 4. The molecule has 0 aliphatic carbocycles. The first kappa shape index (κ1) is 24.2. The van der Waals surface area contributed by atoms with Crippen LogP contribution in [0.4, 0.5) is 0 Å². The van der Waals surface area contributed by atoms with Gasteiger partial charge >= 0.3 is 23.9 Å². The van der Waals surface area contributed by atoms with Crippen LogP contribution in [0.3, 0.4) is 0 Å². The van der Waals surface area contributed by atoms with Crippen LogP contribution in [0.5, 0.6) is 0 Å². The summed E-state index contributed by atoms with van der Waals surface area (Å²) in [5.41, 5.74) is -0.528. The maximum Gasteiger partial charge on any atom is 4.00 e. The van der Waals surface area contributed by atoms with E-state index in [0.717, 1.165) is 0 Å². The van der Waals surface area contributed by atoms with Crippen molar-refractivity contribution in [2.75, 3.05) is 0 Å². The number of carbonyl (C=O) groups excluding carboxylic acids is 4. The van der Waals surface area contributed by atoms with E-state index in [9.17, 15) is 39.6 Å². The van der Waals surface area contributed by atoms with E-state index in [-0.39, 0.29) is 47.9 Å². The zero-order valence-electron chi connectivity index (χ0n) is 11.3. The maximum atomic E-state index is 10.00. The van der Waals surface area contributed by atoms with E-state index in [2.05, 4.69) is 0 Å². The summed E-state index contributed by atoms with van der Waals surface area (Å²) in [6, 6.07) is 0. The molecule has 0 aliphatic rings. The van der Waals surface area contributed by atoms with E-state index in [1.165, 1.54) is 13.8 Å². The van der Waals surface area contributed by atoms with Crippen molar-refractivity contribution in [3.63, 3.8) is 0 Å². The quantitative estimate of drug-likeness (QED) is 0.316. The van der Waals surface area contributed by atoms with Crippen molar-refractivity contribution in [2.45, 2.75) is 26.7 Å². The summed E-state index contributed by atoms with van der Waals surface area (Å²) in [5, 5.41) is 39.6. The molecule has 0 spiro atoms. The molecule has 0 aromatic carbocycles. The molecular weight excluding hydrogens is 391 g/mol. The Morgan fingerprint density at radius 1 is 0.714 bits per heavy atom. The van der Waals surface area contributed by atoms with E-state index < -0.39 is 23.9 Å². The molecule has 0 bridgehead atoms. The van der Waals surface area contributed by atoms with Crippen molar-refractivity contribution in [3.05, 3.63) is 23.3 Å². The minimum Gasteiger partial charge on any atom is -0.545 e. The summed E-state index contributed by atoms with van der Waals surface area (Å²) in [7, 11) is 0. The molecule has 0 rings (SSSR count). The number of hydrogen-bond donors (Lipinski definition) is 0. The third-order valence-corrected chi connectivity index (χ3v) is 1.87. The van der Waals surface area contributed by atoms with Gasteiger partial charge < -0.3 is 39.6 Å². The number of rotatable bonds is 6. The van der Waals surface area contributed by atoms with Crippen LogP contribution in [-0.2, 0) is 19.2 Å². The Bertz CT molecular complexity index is 408. The SMILES string of the molecule is CC/C(=C/C(=O)[O-])C(=O)[O-].CC/C(=C/C(=O)[O-])C(=O)[O-].[Sn+4]. The summed E-state index contributed by atoms with van der Waals surface area (Å²) in [6.45, 7) is 3.04. The van der Waals surface area contributed by atoms with Crippen molar-refractivity contribution >= 4 is 47.8 Å². The summed E-state index contributed by atoms with van der Waals surface area (Å²) < 4.78 is 0. The van der Waals surface area contributed by atoms with Gasteiger partial charge in [-0.3, -0.25) is 0 Å². The van der Waals surface area contributed by atoms with Gasteiger partial charge in [0.2, 0.25) is 0 Å². The molecular formula is C12H12O8Sn. The van der Waals surface area contributed by atoms with Crippen LogP contribution in [-0.4, -0.2) is 47.8 Å². The fourth-order valence-corrected chi connectivity index (χ4v) is 0.895. The van der Waals surface area contributed by atoms with Crippen LogP contribution in [0.25, 0.3) is 0 Å². The fourth-order valence-electron chi connectivity index (χ4n) is 0.895. The minimum absolute atomic E-state index is 0. The molecule has 112 valence electrons. The van der Waals surface area contributed by atoms with Crippen molar-refractivity contribution in [3.8, 4) is 0 Å². The maximum absolute atomic E-state index is 10.00. The van der Waals surface area contributed by atoms with Crippen LogP contribution in [0, 0.1) is 0 Å². The first-order valence-electron chi connectivity index (χ1n) is 5.41. The predicted molar refractivity (Wildman–Crippen MR) is 62.5 cm³/mol. The molecule has 0 N–H and O–H groups in total. The predicted octanol–water partition coefficient (Wildman–Crippen LogP) is -4.74. The van der Waals surface area contributed by atoms with Crippen molar-refractivity contribution < 1.29 is 39.6 Å². The average Bonchev–Trinajstić information content (AvgIpc) is 2.32. The third-order valence-electron chi connectivity index (χ3n) is 1.87. The number of carbonyl (C=O) groups is 4. The van der Waals surface area contributed by atoms with Crippen molar-refractivity contribution in [1.29, 1.82) is 0 Å². The summed E-state index contributed by atoms with van der Waals surface area (Å²) in [6.07, 6.45) is 1.29. The van der Waals surface area contributed by atoms with Gasteiger partial charge in [0.25, 0.3) is 0 Å². The topological polar surface area (TPSA) is 161 Å². The minimum atomic E-state index is -1.51. The Labute approximate surface area is 137 Å². The first-order valence-corrected chi connectivity index (χ1v) is 5.41. The van der Waals surface area contributed by atoms with E-state index in [1.807, 2.05) is 0 Å². The molecule has 0 unspecified atom stereocenters. The average molecular weight is 403 g/mol. The molecule has 0 aromatic heterocycles. The Morgan fingerprint density at radius 3 is 1.00 bits per heavy atom. The van der Waals surface area contributed by atoms with Gasteiger partial charge in [0, 0.05) is 0 Å². The normalized spacial score (nSPS) is 10.6. The molecule has 9 heteroatoms. The van der Waals surface area contributed by atoms with Gasteiger partial charge in [-0.25, -0.2) is 0 Å². The molecule has 0 saturated carbocycles. The van der Waals surface area contributed by atoms with Crippen LogP contribution in [0.15, 0.2) is 23.3 Å². The first-order chi connectivity index (χ1) is 9.15. The standard InChI is InChI=1S/2C6H8O4.Sn/c2*1-2-4(6(9)10)3-5(7)8;/h2*3H,2H2,1H3,(H,7,8)(H,9,10);/q;;+4/p-4/b2*4-3-;. The zero-order chi connectivity index (χ0) is 16.3. The second-order valence-corrected chi connectivity index (χ2v) is 3.26. The van der Waals surface area contributed by atoms with Gasteiger partial charge in [0.1, 0.15) is 0 Å². The fraction of sp³-hybridized carbons (Fsp3) is 0.333. The Balaban J connectivity index is -0.000000295. The number of hydrogen-bond acceptors (Lipinski definition) is 8. The molecule has 0 radical (unpaired) electrons. The van der Waals surface area contributed by atoms with Crippen molar-refractivity contribution in [1.82, 2.24) is 0 Å². The summed E-state index contributed by atoms with van der Waals surface area (Å²) in [5.74, 6) is -5.96. The van der Waals surface area contributed by atoms with Crippen molar-refractivity contribution in [2.24, 2.45) is 0 Å². The van der Waals surface area contributed by atoms with E-state index in [4.69, 9.17) is 0 Å². The number of aliphatic carboxylic acids is 4. The van der Waals surface area contributed by atoms with Gasteiger partial charge in [-0.1, -0.05) is 13.8 Å². The summed E-state index contributed by atoms with van der Waals surface area (Å²) >= 11 is 0. The van der Waals surface area contributed by atoms with Gasteiger partial charge in [0.15, 0.2) is 0 Å². The van der Waals surface area contributed by atoms with Gasteiger partial charge in [0.05, 0.1) is 23.9 Å².